The number of carbonyl (C=O) groups excluding carboxylic acids is 1. The number of esters is 1. The largest absolute Gasteiger partial charge is 0.465 e. The quantitative estimate of drug-likeness (QED) is 0.509. The Morgan fingerprint density at radius 3 is 2.91 bits per heavy atom. The predicted molar refractivity (Wildman–Crippen MR) is 41.8 cm³/mol. The molecule has 1 heterocycles. The topological polar surface area (TPSA) is 42.1 Å². The zero-order valence-electron chi connectivity index (χ0n) is 6.26. The molecule has 3 heteroatoms. The molecule has 1 aromatic heterocycles. The Morgan fingerprint density at radius 2 is 2.45 bits per heavy atom. The van der Waals surface area contributed by atoms with Crippen molar-refractivity contribution in [3.63, 3.8) is 0 Å². The molecule has 0 saturated heterocycles. The van der Waals surface area contributed by atoms with E-state index in [2.05, 4.69) is 16.3 Å². The van der Waals surface area contributed by atoms with Gasteiger partial charge in [-0.05, 0) is 12.1 Å². The molecule has 1 aromatic rings. The molecule has 1 N–H and O–H groups in total. The van der Waals surface area contributed by atoms with Crippen molar-refractivity contribution in [2.45, 2.75) is 0 Å². The monoisotopic (exact) mass is 151 g/mol. The maximum atomic E-state index is 10.9. The van der Waals surface area contributed by atoms with Gasteiger partial charge in [0.1, 0.15) is 0 Å². The van der Waals surface area contributed by atoms with E-state index in [0.29, 0.717) is 11.3 Å². The summed E-state index contributed by atoms with van der Waals surface area (Å²) in [5, 5.41) is 0. The van der Waals surface area contributed by atoms with Gasteiger partial charge in [0.2, 0.25) is 0 Å². The van der Waals surface area contributed by atoms with Crippen LogP contribution in [-0.2, 0) is 9.53 Å². The minimum Gasteiger partial charge on any atom is -0.465 e. The van der Waals surface area contributed by atoms with Crippen LogP contribution in [0.15, 0.2) is 24.9 Å². The number of nitrogens with one attached hydrogen (secondary N) is 1. The molecule has 1 rings (SSSR count). The third kappa shape index (κ3) is 1.49. The third-order valence-corrected chi connectivity index (χ3v) is 1.35. The van der Waals surface area contributed by atoms with Gasteiger partial charge in [-0.3, -0.25) is 0 Å². The number of methoxy groups -OCH3 is 1. The molecular formula is C8H9NO2. The fourth-order valence-corrected chi connectivity index (χ4v) is 0.751. The van der Waals surface area contributed by atoms with E-state index in [4.69, 9.17) is 0 Å². The molecule has 0 aliphatic heterocycles. The van der Waals surface area contributed by atoms with Crippen molar-refractivity contribution in [3.05, 3.63) is 30.6 Å². The fourth-order valence-electron chi connectivity index (χ4n) is 0.751. The average Bonchev–Trinajstić information content (AvgIpc) is 2.53. The number of aromatic amines is 1. The Hall–Kier alpha value is -1.51. The molecule has 0 unspecified atom stereocenters. The average molecular weight is 151 g/mol. The summed E-state index contributed by atoms with van der Waals surface area (Å²) in [6.07, 6.45) is 1.73. The molecule has 0 aliphatic rings. The summed E-state index contributed by atoms with van der Waals surface area (Å²) >= 11 is 0. The molecule has 3 nitrogen and oxygen atoms in total. The second-order valence-electron chi connectivity index (χ2n) is 2.05. The lowest BCUT2D eigenvalue weighted by Crippen LogP contribution is -2.02. The van der Waals surface area contributed by atoms with Gasteiger partial charge in [0.15, 0.2) is 0 Å². The van der Waals surface area contributed by atoms with Gasteiger partial charge in [-0.2, -0.15) is 0 Å². The first-order chi connectivity index (χ1) is 5.25. The molecule has 0 atom stereocenters. The maximum Gasteiger partial charge on any atom is 0.339 e. The van der Waals surface area contributed by atoms with Crippen LogP contribution in [-0.4, -0.2) is 18.1 Å². The van der Waals surface area contributed by atoms with E-state index in [1.54, 1.807) is 18.3 Å². The maximum absolute atomic E-state index is 10.9. The van der Waals surface area contributed by atoms with E-state index in [-0.39, 0.29) is 0 Å². The van der Waals surface area contributed by atoms with Crippen LogP contribution < -0.4 is 0 Å². The van der Waals surface area contributed by atoms with Crippen LogP contribution >= 0.6 is 0 Å². The van der Waals surface area contributed by atoms with Gasteiger partial charge >= 0.3 is 5.97 Å². The smallest absolute Gasteiger partial charge is 0.339 e. The summed E-state index contributed by atoms with van der Waals surface area (Å²) in [6.45, 7) is 3.56. The van der Waals surface area contributed by atoms with Crippen molar-refractivity contribution in [3.8, 4) is 0 Å². The molecule has 0 amide bonds. The Bertz CT molecular complexity index is 262. The molecule has 0 fully saturated rings. The van der Waals surface area contributed by atoms with Gasteiger partial charge in [0.05, 0.1) is 18.4 Å². The number of hydrogen-bond donors (Lipinski definition) is 1. The standard InChI is InChI=1S/C8H9NO2/c1-6(8(10)11-2)7-4-3-5-9-7/h3-5,9H,1H2,2H3. The molecule has 0 bridgehead atoms. The molecular weight excluding hydrogens is 142 g/mol. The van der Waals surface area contributed by atoms with E-state index in [1.807, 2.05) is 0 Å². The van der Waals surface area contributed by atoms with Crippen molar-refractivity contribution in [2.24, 2.45) is 0 Å². The summed E-state index contributed by atoms with van der Waals surface area (Å²) in [6, 6.07) is 3.56. The van der Waals surface area contributed by atoms with Crippen LogP contribution in [0.5, 0.6) is 0 Å². The summed E-state index contributed by atoms with van der Waals surface area (Å²) in [5.41, 5.74) is 1.04. The normalized spacial score (nSPS) is 9.18. The van der Waals surface area contributed by atoms with E-state index in [1.165, 1.54) is 7.11 Å². The number of aromatic nitrogens is 1. The number of ether oxygens (including phenoxy) is 1. The summed E-state index contributed by atoms with van der Waals surface area (Å²) in [4.78, 5) is 13.7. The molecule has 0 saturated carbocycles. The summed E-state index contributed by atoms with van der Waals surface area (Å²) < 4.78 is 4.48. The lowest BCUT2D eigenvalue weighted by molar-refractivity contribution is -0.133. The van der Waals surface area contributed by atoms with Crippen molar-refractivity contribution >= 4 is 11.5 Å². The number of H-pyrrole nitrogens is 1. The number of rotatable bonds is 2. The third-order valence-electron chi connectivity index (χ3n) is 1.35. The molecule has 58 valence electrons. The van der Waals surface area contributed by atoms with Gasteiger partial charge in [0.25, 0.3) is 0 Å². The Balaban J connectivity index is 2.79. The van der Waals surface area contributed by atoms with Crippen LogP contribution in [0.1, 0.15) is 5.69 Å². The first-order valence-corrected chi connectivity index (χ1v) is 3.16. The Labute approximate surface area is 64.7 Å². The highest BCUT2D eigenvalue weighted by molar-refractivity contribution is 6.14. The number of hydrogen-bond acceptors (Lipinski definition) is 2. The highest BCUT2D eigenvalue weighted by Crippen LogP contribution is 2.09. The minimum absolute atomic E-state index is 0.345. The molecule has 0 aromatic carbocycles. The lowest BCUT2D eigenvalue weighted by atomic mass is 10.2. The van der Waals surface area contributed by atoms with Gasteiger partial charge < -0.3 is 9.72 Å². The van der Waals surface area contributed by atoms with Crippen LogP contribution in [0.4, 0.5) is 0 Å². The lowest BCUT2D eigenvalue weighted by Gasteiger charge is -1.98. The molecule has 11 heavy (non-hydrogen) atoms. The van der Waals surface area contributed by atoms with Gasteiger partial charge in [-0.25, -0.2) is 4.79 Å². The first kappa shape index (κ1) is 7.60. The second-order valence-corrected chi connectivity index (χ2v) is 2.05. The molecule has 0 radical (unpaired) electrons. The molecule has 0 aliphatic carbocycles. The van der Waals surface area contributed by atoms with Crippen molar-refractivity contribution in [1.82, 2.24) is 4.98 Å². The number of carbonyl (C=O) groups is 1. The first-order valence-electron chi connectivity index (χ1n) is 3.16. The van der Waals surface area contributed by atoms with Crippen LogP contribution in [0, 0.1) is 0 Å². The minimum atomic E-state index is -0.410. The van der Waals surface area contributed by atoms with E-state index < -0.39 is 5.97 Å². The van der Waals surface area contributed by atoms with Crippen molar-refractivity contribution in [1.29, 1.82) is 0 Å². The van der Waals surface area contributed by atoms with Crippen LogP contribution in [0.25, 0.3) is 5.57 Å². The van der Waals surface area contributed by atoms with E-state index >= 15 is 0 Å². The Kier molecular flexibility index (Phi) is 2.11. The van der Waals surface area contributed by atoms with Gasteiger partial charge in [-0.15, -0.1) is 0 Å². The van der Waals surface area contributed by atoms with E-state index in [0.717, 1.165) is 0 Å². The summed E-state index contributed by atoms with van der Waals surface area (Å²) in [7, 11) is 1.33. The highest BCUT2D eigenvalue weighted by Gasteiger charge is 2.08. The van der Waals surface area contributed by atoms with Crippen molar-refractivity contribution in [2.75, 3.05) is 7.11 Å². The fraction of sp³-hybridized carbons (Fsp3) is 0.125. The predicted octanol–water partition coefficient (Wildman–Crippen LogP) is 1.20. The van der Waals surface area contributed by atoms with Crippen LogP contribution in [0.2, 0.25) is 0 Å². The SMILES string of the molecule is C=C(C(=O)OC)c1ccc[nH]1. The zero-order valence-corrected chi connectivity index (χ0v) is 6.26. The highest BCUT2D eigenvalue weighted by atomic mass is 16.5. The Morgan fingerprint density at radius 1 is 1.73 bits per heavy atom. The van der Waals surface area contributed by atoms with E-state index in [9.17, 15) is 4.79 Å². The van der Waals surface area contributed by atoms with Gasteiger partial charge in [0, 0.05) is 6.20 Å². The molecule has 0 spiro atoms. The summed E-state index contributed by atoms with van der Waals surface area (Å²) in [5.74, 6) is -0.410. The zero-order chi connectivity index (χ0) is 8.27. The second kappa shape index (κ2) is 3.05. The van der Waals surface area contributed by atoms with Crippen molar-refractivity contribution < 1.29 is 9.53 Å². The van der Waals surface area contributed by atoms with Gasteiger partial charge in [-0.1, -0.05) is 6.58 Å². The van der Waals surface area contributed by atoms with Crippen LogP contribution in [0.3, 0.4) is 0 Å².